The Balaban J connectivity index is 0.00000128. The van der Waals surface area contributed by atoms with Gasteiger partial charge in [0.1, 0.15) is 5.75 Å². The average molecular weight is 448 g/mol. The molecule has 2 aromatic carbocycles. The van der Waals surface area contributed by atoms with Crippen LogP contribution in [0.25, 0.3) is 10.9 Å². The van der Waals surface area contributed by atoms with Gasteiger partial charge in [-0.05, 0) is 61.1 Å². The maximum Gasteiger partial charge on any atom is 0.261 e. The monoisotopic (exact) mass is 447 g/mol. The molecule has 3 aromatic rings. The molecular formula is C23H27Cl2N3O2. The minimum atomic E-state index is 0. The molecule has 1 N–H and O–H groups in total. The van der Waals surface area contributed by atoms with Gasteiger partial charge in [-0.2, -0.15) is 0 Å². The van der Waals surface area contributed by atoms with Crippen molar-refractivity contribution in [1.82, 2.24) is 14.9 Å². The number of hydrogen-bond acceptors (Lipinski definition) is 4. The van der Waals surface area contributed by atoms with E-state index in [0.717, 1.165) is 30.7 Å². The Morgan fingerprint density at radius 2 is 2.00 bits per heavy atom. The summed E-state index contributed by atoms with van der Waals surface area (Å²) in [5, 5.41) is 4.42. The van der Waals surface area contributed by atoms with Crippen LogP contribution in [0.15, 0.2) is 53.6 Å². The lowest BCUT2D eigenvalue weighted by atomic mass is 9.73. The lowest BCUT2D eigenvalue weighted by Crippen LogP contribution is -2.31. The van der Waals surface area contributed by atoms with E-state index in [1.54, 1.807) is 18.0 Å². The van der Waals surface area contributed by atoms with Crippen molar-refractivity contribution in [1.29, 1.82) is 0 Å². The van der Waals surface area contributed by atoms with E-state index in [1.807, 2.05) is 24.3 Å². The fraction of sp³-hybridized carbons (Fsp3) is 0.391. The molecule has 0 radical (unpaired) electrons. The molecular weight excluding hydrogens is 421 g/mol. The van der Waals surface area contributed by atoms with Gasteiger partial charge in [-0.15, -0.1) is 24.8 Å². The van der Waals surface area contributed by atoms with Gasteiger partial charge in [0.05, 0.1) is 24.3 Å². The molecule has 2 heterocycles. The second-order valence-electron chi connectivity index (χ2n) is 7.92. The number of rotatable bonds is 4. The SMILES string of the molecule is COc1cccc2c1CCC1CNC(CCn3cnc4ccccc4c3=O)C21.Cl.Cl. The summed E-state index contributed by atoms with van der Waals surface area (Å²) >= 11 is 0. The zero-order valence-electron chi connectivity index (χ0n) is 16.9. The van der Waals surface area contributed by atoms with Crippen molar-refractivity contribution in [2.75, 3.05) is 13.7 Å². The maximum absolute atomic E-state index is 12.8. The number of halogens is 2. The number of aromatic nitrogens is 2. The molecule has 3 unspecified atom stereocenters. The smallest absolute Gasteiger partial charge is 0.261 e. The zero-order valence-corrected chi connectivity index (χ0v) is 18.5. The van der Waals surface area contributed by atoms with E-state index < -0.39 is 0 Å². The summed E-state index contributed by atoms with van der Waals surface area (Å²) in [6.45, 7) is 1.73. The molecule has 1 fully saturated rings. The van der Waals surface area contributed by atoms with Crippen molar-refractivity contribution in [3.63, 3.8) is 0 Å². The van der Waals surface area contributed by atoms with E-state index in [9.17, 15) is 4.79 Å². The van der Waals surface area contributed by atoms with E-state index in [2.05, 4.69) is 28.5 Å². The number of hydrogen-bond donors (Lipinski definition) is 1. The molecule has 1 saturated heterocycles. The molecule has 0 spiro atoms. The van der Waals surface area contributed by atoms with Crippen LogP contribution in [0.2, 0.25) is 0 Å². The van der Waals surface area contributed by atoms with Crippen LogP contribution in [0.3, 0.4) is 0 Å². The Hall–Kier alpha value is -2.08. The van der Waals surface area contributed by atoms with Gasteiger partial charge in [0.25, 0.3) is 5.56 Å². The Morgan fingerprint density at radius 1 is 1.17 bits per heavy atom. The largest absolute Gasteiger partial charge is 0.496 e. The molecule has 0 amide bonds. The highest BCUT2D eigenvalue weighted by Gasteiger charge is 2.40. The van der Waals surface area contributed by atoms with Crippen LogP contribution in [-0.2, 0) is 13.0 Å². The first kappa shape index (κ1) is 22.6. The predicted molar refractivity (Wildman–Crippen MR) is 124 cm³/mol. The van der Waals surface area contributed by atoms with E-state index in [-0.39, 0.29) is 30.4 Å². The third kappa shape index (κ3) is 3.82. The summed E-state index contributed by atoms with van der Waals surface area (Å²) in [6.07, 6.45) is 4.88. The number of ether oxygens (including phenoxy) is 1. The maximum atomic E-state index is 12.8. The van der Waals surface area contributed by atoms with Gasteiger partial charge >= 0.3 is 0 Å². The van der Waals surface area contributed by atoms with Crippen molar-refractivity contribution >= 4 is 35.7 Å². The number of aryl methyl sites for hydroxylation is 1. The Bertz CT molecular complexity index is 1090. The van der Waals surface area contributed by atoms with Crippen LogP contribution in [0, 0.1) is 5.92 Å². The quantitative estimate of drug-likeness (QED) is 0.657. The van der Waals surface area contributed by atoms with Crippen molar-refractivity contribution in [2.24, 2.45) is 5.92 Å². The Labute approximate surface area is 188 Å². The number of nitrogens with one attached hydrogen (secondary N) is 1. The molecule has 1 aliphatic carbocycles. The van der Waals surface area contributed by atoms with Crippen LogP contribution in [0.4, 0.5) is 0 Å². The van der Waals surface area contributed by atoms with Gasteiger partial charge in [0.15, 0.2) is 0 Å². The molecule has 1 aliphatic heterocycles. The zero-order chi connectivity index (χ0) is 19.1. The molecule has 3 atom stereocenters. The standard InChI is InChI=1S/C23H25N3O2.2ClH/c1-28-21-8-4-6-17-16(21)10-9-15-13-24-20(22(15)17)11-12-26-14-25-19-7-3-2-5-18(19)23(26)27;;/h2-8,14-15,20,22,24H,9-13H2,1H3;2*1H. The summed E-state index contributed by atoms with van der Waals surface area (Å²) in [5.74, 6) is 2.16. The van der Waals surface area contributed by atoms with Gasteiger partial charge in [-0.25, -0.2) is 4.98 Å². The van der Waals surface area contributed by atoms with Crippen LogP contribution in [-0.4, -0.2) is 29.2 Å². The summed E-state index contributed by atoms with van der Waals surface area (Å²) in [4.78, 5) is 17.2. The highest BCUT2D eigenvalue weighted by molar-refractivity contribution is 5.85. The fourth-order valence-electron chi connectivity index (χ4n) is 5.15. The van der Waals surface area contributed by atoms with Gasteiger partial charge in [0, 0.05) is 18.5 Å². The highest BCUT2D eigenvalue weighted by atomic mass is 35.5. The second kappa shape index (κ2) is 9.38. The minimum Gasteiger partial charge on any atom is -0.496 e. The van der Waals surface area contributed by atoms with E-state index in [4.69, 9.17) is 4.74 Å². The third-order valence-corrected chi connectivity index (χ3v) is 6.51. The van der Waals surface area contributed by atoms with Crippen molar-refractivity contribution in [3.05, 3.63) is 70.3 Å². The van der Waals surface area contributed by atoms with Crippen LogP contribution in [0.1, 0.15) is 29.9 Å². The fourth-order valence-corrected chi connectivity index (χ4v) is 5.15. The number of benzene rings is 2. The molecule has 5 nitrogen and oxygen atoms in total. The lowest BCUT2D eigenvalue weighted by molar-refractivity contribution is 0.371. The highest BCUT2D eigenvalue weighted by Crippen LogP contribution is 2.45. The summed E-state index contributed by atoms with van der Waals surface area (Å²) in [5.41, 5.74) is 3.60. The average Bonchev–Trinajstić information content (AvgIpc) is 3.16. The van der Waals surface area contributed by atoms with Gasteiger partial charge in [-0.1, -0.05) is 24.3 Å². The van der Waals surface area contributed by atoms with E-state index in [0.29, 0.717) is 29.8 Å². The molecule has 30 heavy (non-hydrogen) atoms. The van der Waals surface area contributed by atoms with Crippen LogP contribution >= 0.6 is 24.8 Å². The second-order valence-corrected chi connectivity index (χ2v) is 7.92. The number of methoxy groups -OCH3 is 1. The predicted octanol–water partition coefficient (Wildman–Crippen LogP) is 3.96. The van der Waals surface area contributed by atoms with Crippen molar-refractivity contribution in [3.8, 4) is 5.75 Å². The van der Waals surface area contributed by atoms with Gasteiger partial charge in [0.2, 0.25) is 0 Å². The van der Waals surface area contributed by atoms with E-state index in [1.165, 1.54) is 17.5 Å². The molecule has 5 rings (SSSR count). The Kier molecular flexibility index (Phi) is 7.06. The Morgan fingerprint density at radius 3 is 2.83 bits per heavy atom. The molecule has 0 bridgehead atoms. The third-order valence-electron chi connectivity index (χ3n) is 6.51. The van der Waals surface area contributed by atoms with Gasteiger partial charge in [-0.3, -0.25) is 9.36 Å². The lowest BCUT2D eigenvalue weighted by Gasteiger charge is -2.32. The number of para-hydroxylation sites is 1. The molecule has 7 heteroatoms. The van der Waals surface area contributed by atoms with Crippen molar-refractivity contribution in [2.45, 2.75) is 37.8 Å². The minimum absolute atomic E-state index is 0. The molecule has 1 aromatic heterocycles. The van der Waals surface area contributed by atoms with Gasteiger partial charge < -0.3 is 10.1 Å². The first-order chi connectivity index (χ1) is 13.8. The summed E-state index contributed by atoms with van der Waals surface area (Å²) in [6, 6.07) is 14.4. The normalized spacial score (nSPS) is 21.8. The first-order valence-corrected chi connectivity index (χ1v) is 10.1. The molecule has 2 aliphatic rings. The molecule has 160 valence electrons. The van der Waals surface area contributed by atoms with Crippen LogP contribution < -0.4 is 15.6 Å². The first-order valence-electron chi connectivity index (χ1n) is 10.1. The summed E-state index contributed by atoms with van der Waals surface area (Å²) < 4.78 is 7.36. The number of nitrogens with zero attached hydrogens (tertiary/aromatic N) is 2. The van der Waals surface area contributed by atoms with E-state index >= 15 is 0 Å². The summed E-state index contributed by atoms with van der Waals surface area (Å²) in [7, 11) is 1.76. The van der Waals surface area contributed by atoms with Crippen molar-refractivity contribution < 1.29 is 4.74 Å². The molecule has 0 saturated carbocycles. The number of fused-ring (bicyclic) bond motifs is 4. The van der Waals surface area contributed by atoms with Crippen LogP contribution in [0.5, 0.6) is 5.75 Å². The topological polar surface area (TPSA) is 56.1 Å².